The van der Waals surface area contributed by atoms with Crippen molar-refractivity contribution < 1.29 is 0 Å². The van der Waals surface area contributed by atoms with Crippen LogP contribution >= 0.6 is 0 Å². The Balaban J connectivity index is 1.32. The number of rotatable bonds is 10. The molecule has 0 aliphatic heterocycles. The molecule has 0 atom stereocenters. The van der Waals surface area contributed by atoms with Crippen LogP contribution < -0.4 is 9.80 Å². The summed E-state index contributed by atoms with van der Waals surface area (Å²) in [7, 11) is 0. The minimum absolute atomic E-state index is 0.221. The van der Waals surface area contributed by atoms with Gasteiger partial charge in [-0.1, -0.05) is 211 Å². The fourth-order valence-corrected chi connectivity index (χ4v) is 10.7. The molecule has 2 heteroatoms. The summed E-state index contributed by atoms with van der Waals surface area (Å²) in [5.74, 6) is 0.816. The van der Waals surface area contributed by atoms with Gasteiger partial charge in [0.25, 0.3) is 0 Å². The molecule has 0 saturated carbocycles. The molecule has 1 aliphatic rings. The summed E-state index contributed by atoms with van der Waals surface area (Å²) in [5, 5.41) is 4.74. The Morgan fingerprint density at radius 2 is 0.716 bits per heavy atom. The highest BCUT2D eigenvalue weighted by Crippen LogP contribution is 2.57. The van der Waals surface area contributed by atoms with Gasteiger partial charge < -0.3 is 9.80 Å². The molecule has 2 nitrogen and oxygen atoms in total. The third kappa shape index (κ3) is 7.20. The van der Waals surface area contributed by atoms with Crippen LogP contribution in [0, 0.1) is 0 Å². The molecule has 0 spiro atoms. The average Bonchev–Trinajstić information content (AvgIpc) is 3.59. The lowest BCUT2D eigenvalue weighted by atomic mass is 9.81. The molecule has 0 N–H and O–H groups in total. The molecule has 0 amide bonds. The predicted octanol–water partition coefficient (Wildman–Crippen LogP) is 18.8. The Hall–Kier alpha value is -7.68. The van der Waals surface area contributed by atoms with Crippen LogP contribution in [0.25, 0.3) is 54.9 Å². The SMILES string of the molecule is CC(C)c1ccc(N(c2ccccc2-c2ccccc2)c2c3ccccc3c(N(c3ccc(C(C)C)cc3)c3ccccc3-c3ccccc3)c3cc4c(cc23)-c2ccccc2C4(C)C)cc1. The average molecular weight is 865 g/mol. The number of anilines is 6. The van der Waals surface area contributed by atoms with Gasteiger partial charge in [0.15, 0.2) is 0 Å². The van der Waals surface area contributed by atoms with E-state index in [4.69, 9.17) is 0 Å². The van der Waals surface area contributed by atoms with Crippen molar-refractivity contribution in [2.75, 3.05) is 9.80 Å². The van der Waals surface area contributed by atoms with Crippen molar-refractivity contribution in [2.45, 2.75) is 58.8 Å². The minimum atomic E-state index is -0.221. The van der Waals surface area contributed by atoms with Crippen molar-refractivity contribution in [3.8, 4) is 33.4 Å². The second kappa shape index (κ2) is 17.0. The van der Waals surface area contributed by atoms with Crippen molar-refractivity contribution in [1.29, 1.82) is 0 Å². The van der Waals surface area contributed by atoms with Crippen LogP contribution in [0.4, 0.5) is 34.1 Å². The Kier molecular flexibility index (Phi) is 10.6. The second-order valence-electron chi connectivity index (χ2n) is 19.3. The molecule has 0 aromatic heterocycles. The summed E-state index contributed by atoms with van der Waals surface area (Å²) >= 11 is 0. The van der Waals surface area contributed by atoms with E-state index in [1.165, 1.54) is 77.2 Å². The maximum atomic E-state index is 2.56. The molecule has 0 heterocycles. The van der Waals surface area contributed by atoms with Gasteiger partial charge in [-0.2, -0.15) is 0 Å². The minimum Gasteiger partial charge on any atom is -0.309 e. The molecule has 10 aromatic carbocycles. The highest BCUT2D eigenvalue weighted by molar-refractivity contribution is 6.25. The molecule has 1 aliphatic carbocycles. The zero-order valence-corrected chi connectivity index (χ0v) is 39.3. The Labute approximate surface area is 396 Å². The quantitative estimate of drug-likeness (QED) is 0.0998. The van der Waals surface area contributed by atoms with Crippen LogP contribution in [0.5, 0.6) is 0 Å². The number of benzene rings is 10. The fourth-order valence-electron chi connectivity index (χ4n) is 10.7. The van der Waals surface area contributed by atoms with E-state index < -0.39 is 0 Å². The molecule has 0 fully saturated rings. The second-order valence-corrected chi connectivity index (χ2v) is 19.3. The van der Waals surface area contributed by atoms with E-state index in [1.807, 2.05) is 0 Å². The van der Waals surface area contributed by atoms with Gasteiger partial charge in [0, 0.05) is 49.5 Å². The first-order valence-corrected chi connectivity index (χ1v) is 23.9. The molecule has 0 bridgehead atoms. The molecule has 10 aromatic rings. The van der Waals surface area contributed by atoms with E-state index in [2.05, 4.69) is 270 Å². The summed E-state index contributed by atoms with van der Waals surface area (Å²) in [6.07, 6.45) is 0. The Morgan fingerprint density at radius 3 is 1.18 bits per heavy atom. The van der Waals surface area contributed by atoms with Crippen LogP contribution in [0.1, 0.15) is 75.6 Å². The maximum Gasteiger partial charge on any atom is 0.0620 e. The van der Waals surface area contributed by atoms with Crippen LogP contribution in [-0.4, -0.2) is 0 Å². The number of hydrogen-bond donors (Lipinski definition) is 0. The number of fused-ring (bicyclic) bond motifs is 5. The van der Waals surface area contributed by atoms with Crippen molar-refractivity contribution in [1.82, 2.24) is 0 Å². The van der Waals surface area contributed by atoms with Crippen molar-refractivity contribution in [3.05, 3.63) is 241 Å². The van der Waals surface area contributed by atoms with Gasteiger partial charge in [0.1, 0.15) is 0 Å². The van der Waals surface area contributed by atoms with E-state index in [-0.39, 0.29) is 5.41 Å². The van der Waals surface area contributed by atoms with Gasteiger partial charge in [-0.15, -0.1) is 0 Å². The number of hydrogen-bond acceptors (Lipinski definition) is 2. The zero-order chi connectivity index (χ0) is 45.8. The summed E-state index contributed by atoms with van der Waals surface area (Å²) in [5.41, 5.74) is 19.2. The van der Waals surface area contributed by atoms with E-state index >= 15 is 0 Å². The first-order chi connectivity index (χ1) is 32.7. The van der Waals surface area contributed by atoms with Gasteiger partial charge in [0.2, 0.25) is 0 Å². The van der Waals surface area contributed by atoms with Crippen molar-refractivity contribution in [3.63, 3.8) is 0 Å². The highest BCUT2D eigenvalue weighted by atomic mass is 15.2. The van der Waals surface area contributed by atoms with E-state index in [1.54, 1.807) is 0 Å². The van der Waals surface area contributed by atoms with Gasteiger partial charge in [-0.05, 0) is 105 Å². The van der Waals surface area contributed by atoms with E-state index in [0.29, 0.717) is 11.8 Å². The van der Waals surface area contributed by atoms with E-state index in [9.17, 15) is 0 Å². The van der Waals surface area contributed by atoms with Gasteiger partial charge in [0.05, 0.1) is 22.7 Å². The monoisotopic (exact) mass is 864 g/mol. The van der Waals surface area contributed by atoms with Crippen LogP contribution in [0.15, 0.2) is 218 Å². The maximum absolute atomic E-state index is 2.56. The third-order valence-corrected chi connectivity index (χ3v) is 14.2. The fraction of sp³-hybridized carbons (Fsp3) is 0.138. The lowest BCUT2D eigenvalue weighted by molar-refractivity contribution is 0.661. The summed E-state index contributed by atoms with van der Waals surface area (Å²) in [6.45, 7) is 13.9. The molecule has 0 unspecified atom stereocenters. The zero-order valence-electron chi connectivity index (χ0n) is 39.3. The van der Waals surface area contributed by atoms with Crippen LogP contribution in [0.2, 0.25) is 0 Å². The van der Waals surface area contributed by atoms with E-state index in [0.717, 1.165) is 34.1 Å². The number of nitrogens with zero attached hydrogens (tertiary/aromatic N) is 2. The first kappa shape index (κ1) is 42.0. The Morgan fingerprint density at radius 1 is 0.328 bits per heavy atom. The molecule has 326 valence electrons. The molecular formula is C65H56N2. The molecule has 0 saturated heterocycles. The van der Waals surface area contributed by atoms with Crippen molar-refractivity contribution >= 4 is 55.7 Å². The van der Waals surface area contributed by atoms with Gasteiger partial charge >= 0.3 is 0 Å². The third-order valence-electron chi connectivity index (χ3n) is 14.2. The van der Waals surface area contributed by atoms with Gasteiger partial charge in [-0.25, -0.2) is 0 Å². The molecule has 67 heavy (non-hydrogen) atoms. The molecule has 0 radical (unpaired) electrons. The van der Waals surface area contributed by atoms with Gasteiger partial charge in [-0.3, -0.25) is 0 Å². The first-order valence-electron chi connectivity index (χ1n) is 23.9. The largest absolute Gasteiger partial charge is 0.309 e. The summed E-state index contributed by atoms with van der Waals surface area (Å²) in [6, 6.07) is 81.5. The summed E-state index contributed by atoms with van der Waals surface area (Å²) < 4.78 is 0. The normalized spacial score (nSPS) is 12.7. The molecule has 11 rings (SSSR count). The summed E-state index contributed by atoms with van der Waals surface area (Å²) in [4.78, 5) is 5.11. The molecular weight excluding hydrogens is 809 g/mol. The highest BCUT2D eigenvalue weighted by Gasteiger charge is 2.37. The van der Waals surface area contributed by atoms with Crippen LogP contribution in [-0.2, 0) is 5.41 Å². The Bertz CT molecular complexity index is 3420. The number of para-hydroxylation sites is 2. The lowest BCUT2D eigenvalue weighted by Crippen LogP contribution is -2.17. The predicted molar refractivity (Wildman–Crippen MR) is 287 cm³/mol. The van der Waals surface area contributed by atoms with Crippen molar-refractivity contribution in [2.24, 2.45) is 0 Å². The standard InChI is InChI=1S/C65H56N2/c1-43(2)45-33-37-49(38-34-45)66(61-31-19-16-25-51(61)47-21-9-7-10-22-47)63-54-28-13-14-29-55(54)64(58-42-60-56(41-57(58)63)53-27-15-18-30-59(53)65(60,5)6)67(50-39-35-46(36-40-50)44(3)4)62-32-20-17-26-52(62)48-23-11-8-12-24-48/h7-44H,1-6H3. The van der Waals surface area contributed by atoms with Crippen LogP contribution in [0.3, 0.4) is 0 Å². The smallest absolute Gasteiger partial charge is 0.0620 e. The topological polar surface area (TPSA) is 6.48 Å². The lowest BCUT2D eigenvalue weighted by Gasteiger charge is -2.35.